The van der Waals surface area contributed by atoms with Crippen molar-refractivity contribution >= 4 is 47.4 Å². The molecule has 0 unspecified atom stereocenters. The standard InChI is InChI=1S/C40H44O14/c1-5-33(41)49-19-7-9-21-51-39(47)53-31-17-15-29(23-25(31)3)37(45)35(43)27-11-13-28(14-12-27)36(44)38(46)30-16-18-32(26(4)24-30)54-40(48)52-22-10-8-20-50-34(42)6-2/h5-6,15-18,23-24,27-28H,1-2,7-14,19-22H2,3-4H3/t27-,28-. The molecule has 1 fully saturated rings. The second kappa shape index (κ2) is 21.6. The Morgan fingerprint density at radius 1 is 0.556 bits per heavy atom. The fourth-order valence-corrected chi connectivity index (χ4v) is 5.50. The van der Waals surface area contributed by atoms with Gasteiger partial charge in [-0.15, -0.1) is 0 Å². The molecule has 0 aliphatic heterocycles. The number of carbonyl (C=O) groups excluding carboxylic acids is 8. The molecule has 0 N–H and O–H groups in total. The predicted molar refractivity (Wildman–Crippen MR) is 191 cm³/mol. The summed E-state index contributed by atoms with van der Waals surface area (Å²) in [4.78, 5) is 98.6. The first-order valence-corrected chi connectivity index (χ1v) is 17.5. The maximum Gasteiger partial charge on any atom is 0.513 e. The topological polar surface area (TPSA) is 192 Å². The SMILES string of the molecule is C=CC(=O)OCCCCOC(=O)Oc1ccc(C(=O)C(=O)[C@H]2CC[C@H](C(=O)C(=O)c3ccc(OC(=O)OCCCCOC(=O)C=C)c(C)c3)CC2)cc1C. The van der Waals surface area contributed by atoms with Gasteiger partial charge in [0, 0.05) is 35.1 Å². The van der Waals surface area contributed by atoms with Crippen molar-refractivity contribution < 1.29 is 66.8 Å². The van der Waals surface area contributed by atoms with Crippen LogP contribution in [0.25, 0.3) is 0 Å². The Balaban J connectivity index is 1.43. The Bertz CT molecular complexity index is 1620. The fourth-order valence-electron chi connectivity index (χ4n) is 5.50. The first kappa shape index (κ1) is 42.5. The van der Waals surface area contributed by atoms with Gasteiger partial charge in [0.1, 0.15) is 11.5 Å². The van der Waals surface area contributed by atoms with Gasteiger partial charge >= 0.3 is 24.2 Å². The van der Waals surface area contributed by atoms with E-state index >= 15 is 0 Å². The van der Waals surface area contributed by atoms with Crippen LogP contribution in [0.3, 0.4) is 0 Å². The van der Waals surface area contributed by atoms with Crippen LogP contribution < -0.4 is 9.47 Å². The summed E-state index contributed by atoms with van der Waals surface area (Å²) >= 11 is 0. The minimum Gasteiger partial charge on any atom is -0.463 e. The molecule has 54 heavy (non-hydrogen) atoms. The smallest absolute Gasteiger partial charge is 0.463 e. The number of rotatable bonds is 20. The second-order valence-corrected chi connectivity index (χ2v) is 12.5. The molecule has 1 aliphatic rings. The molecule has 0 aromatic heterocycles. The van der Waals surface area contributed by atoms with E-state index in [0.29, 0.717) is 36.8 Å². The molecule has 0 radical (unpaired) electrons. The maximum atomic E-state index is 13.1. The van der Waals surface area contributed by atoms with Crippen LogP contribution in [-0.4, -0.2) is 73.8 Å². The average Bonchev–Trinajstić information content (AvgIpc) is 3.17. The number of ketones is 4. The van der Waals surface area contributed by atoms with Crippen LogP contribution in [-0.2, 0) is 38.1 Å². The highest BCUT2D eigenvalue weighted by atomic mass is 16.7. The van der Waals surface area contributed by atoms with Gasteiger partial charge in [0.25, 0.3) is 0 Å². The molecule has 2 aromatic rings. The molecular weight excluding hydrogens is 704 g/mol. The number of unbranched alkanes of at least 4 members (excludes halogenated alkanes) is 2. The van der Waals surface area contributed by atoms with Crippen molar-refractivity contribution in [3.8, 4) is 11.5 Å². The minimum absolute atomic E-state index is 0.0427. The highest BCUT2D eigenvalue weighted by Gasteiger charge is 2.35. The molecule has 3 rings (SSSR count). The molecule has 14 nitrogen and oxygen atoms in total. The minimum atomic E-state index is -0.949. The zero-order valence-electron chi connectivity index (χ0n) is 30.4. The molecule has 0 spiro atoms. The van der Waals surface area contributed by atoms with Crippen molar-refractivity contribution in [2.45, 2.75) is 65.2 Å². The fraction of sp³-hybridized carbons (Fsp3) is 0.400. The summed E-state index contributed by atoms with van der Waals surface area (Å²) in [7, 11) is 0. The highest BCUT2D eigenvalue weighted by Crippen LogP contribution is 2.32. The van der Waals surface area contributed by atoms with Gasteiger partial charge in [-0.05, 0) is 113 Å². The summed E-state index contributed by atoms with van der Waals surface area (Å²) in [5, 5.41) is 0. The lowest BCUT2D eigenvalue weighted by Crippen LogP contribution is -2.32. The lowest BCUT2D eigenvalue weighted by Gasteiger charge is -2.26. The van der Waals surface area contributed by atoms with Crippen molar-refractivity contribution in [3.63, 3.8) is 0 Å². The monoisotopic (exact) mass is 748 g/mol. The Hall–Kier alpha value is -5.92. The first-order valence-electron chi connectivity index (χ1n) is 17.5. The lowest BCUT2D eigenvalue weighted by atomic mass is 9.76. The Morgan fingerprint density at radius 2 is 0.889 bits per heavy atom. The maximum absolute atomic E-state index is 13.1. The lowest BCUT2D eigenvalue weighted by molar-refractivity contribution is -0.138. The van der Waals surface area contributed by atoms with Gasteiger partial charge in [-0.2, -0.15) is 0 Å². The Labute approximate surface area is 312 Å². The molecular formula is C40H44O14. The Morgan fingerprint density at radius 3 is 1.20 bits per heavy atom. The summed E-state index contributed by atoms with van der Waals surface area (Å²) in [5.41, 5.74) is 1.12. The molecule has 0 atom stereocenters. The van der Waals surface area contributed by atoms with Crippen LogP contribution in [0.2, 0.25) is 0 Å². The van der Waals surface area contributed by atoms with Gasteiger partial charge in [-0.3, -0.25) is 19.2 Å². The van der Waals surface area contributed by atoms with E-state index in [-0.39, 0.29) is 74.7 Å². The number of hydrogen-bond donors (Lipinski definition) is 0. The number of aryl methyl sites for hydroxylation is 2. The molecule has 0 bridgehead atoms. The summed E-state index contributed by atoms with van der Waals surface area (Å²) in [5.74, 6) is -4.60. The zero-order valence-corrected chi connectivity index (χ0v) is 30.4. The molecule has 1 saturated carbocycles. The predicted octanol–water partition coefficient (Wildman–Crippen LogP) is 6.36. The third-order valence-electron chi connectivity index (χ3n) is 8.52. The molecule has 0 heterocycles. The van der Waals surface area contributed by atoms with Crippen LogP contribution >= 0.6 is 0 Å². The van der Waals surface area contributed by atoms with Gasteiger partial charge < -0.3 is 28.4 Å². The van der Waals surface area contributed by atoms with Gasteiger partial charge in [0.15, 0.2) is 0 Å². The Kier molecular flexibility index (Phi) is 17.0. The van der Waals surface area contributed by atoms with E-state index < -0.39 is 59.2 Å². The van der Waals surface area contributed by atoms with E-state index in [1.54, 1.807) is 13.8 Å². The second-order valence-electron chi connectivity index (χ2n) is 12.5. The van der Waals surface area contributed by atoms with E-state index in [2.05, 4.69) is 13.2 Å². The van der Waals surface area contributed by atoms with Gasteiger partial charge in [0.2, 0.25) is 23.1 Å². The summed E-state index contributed by atoms with van der Waals surface area (Å²) in [6.07, 6.45) is 3.06. The van der Waals surface area contributed by atoms with Crippen molar-refractivity contribution in [1.29, 1.82) is 0 Å². The zero-order chi connectivity index (χ0) is 39.6. The molecule has 2 aromatic carbocycles. The van der Waals surface area contributed by atoms with E-state index in [4.69, 9.17) is 28.4 Å². The van der Waals surface area contributed by atoms with Crippen molar-refractivity contribution in [3.05, 3.63) is 84.0 Å². The van der Waals surface area contributed by atoms with Crippen LogP contribution in [0, 0.1) is 25.7 Å². The molecule has 0 saturated heterocycles. The van der Waals surface area contributed by atoms with Gasteiger partial charge in [0.05, 0.1) is 26.4 Å². The number of esters is 2. The average molecular weight is 749 g/mol. The normalized spacial score (nSPS) is 14.8. The van der Waals surface area contributed by atoms with Crippen molar-refractivity contribution in [1.82, 2.24) is 0 Å². The van der Waals surface area contributed by atoms with Crippen LogP contribution in [0.1, 0.15) is 83.2 Å². The molecule has 288 valence electrons. The van der Waals surface area contributed by atoms with E-state index in [0.717, 1.165) is 12.2 Å². The van der Waals surface area contributed by atoms with E-state index in [1.807, 2.05) is 0 Å². The summed E-state index contributed by atoms with van der Waals surface area (Å²) in [6.45, 7) is 10.2. The van der Waals surface area contributed by atoms with Crippen LogP contribution in [0.15, 0.2) is 61.7 Å². The van der Waals surface area contributed by atoms with E-state index in [1.165, 1.54) is 36.4 Å². The van der Waals surface area contributed by atoms with E-state index in [9.17, 15) is 38.4 Å². The third kappa shape index (κ3) is 13.2. The largest absolute Gasteiger partial charge is 0.513 e. The number of carbonyl (C=O) groups is 8. The third-order valence-corrected chi connectivity index (χ3v) is 8.52. The molecule has 14 heteroatoms. The number of Topliss-reactive ketones (excluding diaryl/α,β-unsaturated/α-hetero) is 4. The number of benzene rings is 2. The van der Waals surface area contributed by atoms with Crippen LogP contribution in [0.4, 0.5) is 9.59 Å². The van der Waals surface area contributed by atoms with Crippen LogP contribution in [0.5, 0.6) is 11.5 Å². The van der Waals surface area contributed by atoms with Crippen molar-refractivity contribution in [2.75, 3.05) is 26.4 Å². The summed E-state index contributed by atoms with van der Waals surface area (Å²) in [6, 6.07) is 8.45. The molecule has 0 amide bonds. The first-order chi connectivity index (χ1) is 25.8. The van der Waals surface area contributed by atoms with Crippen molar-refractivity contribution in [2.24, 2.45) is 11.8 Å². The van der Waals surface area contributed by atoms with Gasteiger partial charge in [-0.1, -0.05) is 13.2 Å². The van der Waals surface area contributed by atoms with Gasteiger partial charge in [-0.25, -0.2) is 19.2 Å². The molecule has 1 aliphatic carbocycles. The highest BCUT2D eigenvalue weighted by molar-refractivity contribution is 6.45. The number of ether oxygens (including phenoxy) is 6. The summed E-state index contributed by atoms with van der Waals surface area (Å²) < 4.78 is 30.1. The quantitative estimate of drug-likeness (QED) is 0.0276. The number of hydrogen-bond acceptors (Lipinski definition) is 14.